The SMILES string of the molecule is CCNc1ncc(Br)c(NCc2nncn2C)n1. The van der Waals surface area contributed by atoms with Gasteiger partial charge in [-0.05, 0) is 22.9 Å². The van der Waals surface area contributed by atoms with Gasteiger partial charge in [-0.1, -0.05) is 0 Å². The molecule has 0 atom stereocenters. The Hall–Kier alpha value is -1.70. The molecule has 2 heterocycles. The van der Waals surface area contributed by atoms with Gasteiger partial charge in [0, 0.05) is 19.8 Å². The summed E-state index contributed by atoms with van der Waals surface area (Å²) in [5, 5.41) is 14.1. The van der Waals surface area contributed by atoms with E-state index in [-0.39, 0.29) is 0 Å². The lowest BCUT2D eigenvalue weighted by Crippen LogP contribution is -2.09. The topological polar surface area (TPSA) is 80.5 Å². The Morgan fingerprint density at radius 2 is 2.22 bits per heavy atom. The van der Waals surface area contributed by atoms with Crippen molar-refractivity contribution in [1.82, 2.24) is 24.7 Å². The minimum Gasteiger partial charge on any atom is -0.362 e. The first kappa shape index (κ1) is 12.7. The van der Waals surface area contributed by atoms with Crippen molar-refractivity contribution in [3.05, 3.63) is 22.8 Å². The molecule has 0 aliphatic heterocycles. The average Bonchev–Trinajstić information content (AvgIpc) is 2.76. The van der Waals surface area contributed by atoms with Crippen molar-refractivity contribution >= 4 is 27.7 Å². The minimum absolute atomic E-state index is 0.553. The van der Waals surface area contributed by atoms with Crippen LogP contribution in [0.15, 0.2) is 17.0 Å². The van der Waals surface area contributed by atoms with Gasteiger partial charge < -0.3 is 15.2 Å². The Kier molecular flexibility index (Phi) is 4.08. The molecule has 0 unspecified atom stereocenters. The molecular weight excluding hydrogens is 298 g/mol. The van der Waals surface area contributed by atoms with Crippen LogP contribution in [0.3, 0.4) is 0 Å². The fourth-order valence-corrected chi connectivity index (χ4v) is 1.70. The van der Waals surface area contributed by atoms with E-state index in [4.69, 9.17) is 0 Å². The number of anilines is 2. The first-order valence-corrected chi connectivity index (χ1v) is 6.33. The number of hydrogen-bond acceptors (Lipinski definition) is 6. The number of hydrogen-bond donors (Lipinski definition) is 2. The lowest BCUT2D eigenvalue weighted by molar-refractivity contribution is 0.809. The van der Waals surface area contributed by atoms with E-state index in [9.17, 15) is 0 Å². The van der Waals surface area contributed by atoms with Crippen molar-refractivity contribution in [3.8, 4) is 0 Å². The highest BCUT2D eigenvalue weighted by atomic mass is 79.9. The molecule has 18 heavy (non-hydrogen) atoms. The number of rotatable bonds is 5. The molecule has 7 nitrogen and oxygen atoms in total. The highest BCUT2D eigenvalue weighted by Gasteiger charge is 2.06. The Labute approximate surface area is 113 Å². The van der Waals surface area contributed by atoms with Crippen LogP contribution in [0.4, 0.5) is 11.8 Å². The van der Waals surface area contributed by atoms with Crippen molar-refractivity contribution < 1.29 is 0 Å². The number of aryl methyl sites for hydroxylation is 1. The second-order valence-electron chi connectivity index (χ2n) is 3.63. The molecule has 0 saturated heterocycles. The number of nitrogens with one attached hydrogen (secondary N) is 2. The molecular formula is C10H14BrN7. The van der Waals surface area contributed by atoms with Crippen molar-refractivity contribution in [3.63, 3.8) is 0 Å². The van der Waals surface area contributed by atoms with Gasteiger partial charge in [0.05, 0.1) is 11.0 Å². The van der Waals surface area contributed by atoms with Crippen LogP contribution in [0.2, 0.25) is 0 Å². The third-order valence-corrected chi connectivity index (χ3v) is 2.88. The minimum atomic E-state index is 0.553. The maximum Gasteiger partial charge on any atom is 0.224 e. The first-order chi connectivity index (χ1) is 8.70. The molecule has 0 saturated carbocycles. The third kappa shape index (κ3) is 2.95. The predicted octanol–water partition coefficient (Wildman–Crippen LogP) is 1.41. The summed E-state index contributed by atoms with van der Waals surface area (Å²) >= 11 is 3.41. The molecule has 2 aromatic rings. The van der Waals surface area contributed by atoms with Crippen LogP contribution in [-0.2, 0) is 13.6 Å². The molecule has 0 radical (unpaired) electrons. The van der Waals surface area contributed by atoms with E-state index < -0.39 is 0 Å². The van der Waals surface area contributed by atoms with Crippen LogP contribution in [0.5, 0.6) is 0 Å². The van der Waals surface area contributed by atoms with E-state index in [2.05, 4.69) is 46.7 Å². The summed E-state index contributed by atoms with van der Waals surface area (Å²) in [6, 6.07) is 0. The van der Waals surface area contributed by atoms with Gasteiger partial charge in [0.25, 0.3) is 0 Å². The van der Waals surface area contributed by atoms with Gasteiger partial charge in [0.15, 0.2) is 5.82 Å². The van der Waals surface area contributed by atoms with Gasteiger partial charge in [-0.25, -0.2) is 4.98 Å². The fourth-order valence-electron chi connectivity index (χ4n) is 1.36. The summed E-state index contributed by atoms with van der Waals surface area (Å²) < 4.78 is 2.67. The summed E-state index contributed by atoms with van der Waals surface area (Å²) in [4.78, 5) is 8.50. The average molecular weight is 312 g/mol. The smallest absolute Gasteiger partial charge is 0.224 e. The highest BCUT2D eigenvalue weighted by molar-refractivity contribution is 9.10. The van der Waals surface area contributed by atoms with Gasteiger partial charge >= 0.3 is 0 Å². The van der Waals surface area contributed by atoms with Crippen molar-refractivity contribution in [2.75, 3.05) is 17.2 Å². The summed E-state index contributed by atoms with van der Waals surface area (Å²) in [6.07, 6.45) is 3.38. The largest absolute Gasteiger partial charge is 0.362 e. The van der Waals surface area contributed by atoms with E-state index >= 15 is 0 Å². The lowest BCUT2D eigenvalue weighted by Gasteiger charge is -2.08. The standard InChI is InChI=1S/C10H14BrN7/c1-3-12-10-14-4-7(11)9(16-10)13-5-8-17-15-6-18(8)2/h4,6H,3,5H2,1-2H3,(H2,12,13,14,16). The monoisotopic (exact) mass is 311 g/mol. The molecule has 0 aromatic carbocycles. The summed E-state index contributed by atoms with van der Waals surface area (Å²) in [6.45, 7) is 3.33. The van der Waals surface area contributed by atoms with E-state index in [1.54, 1.807) is 12.5 Å². The highest BCUT2D eigenvalue weighted by Crippen LogP contribution is 2.20. The zero-order chi connectivity index (χ0) is 13.0. The molecule has 2 aromatic heterocycles. The van der Waals surface area contributed by atoms with Crippen molar-refractivity contribution in [2.24, 2.45) is 7.05 Å². The predicted molar refractivity (Wildman–Crippen MR) is 72.2 cm³/mol. The first-order valence-electron chi connectivity index (χ1n) is 5.54. The van der Waals surface area contributed by atoms with Gasteiger partial charge in [-0.2, -0.15) is 4.98 Å². The van der Waals surface area contributed by atoms with E-state index in [0.717, 1.165) is 22.7 Å². The van der Waals surface area contributed by atoms with E-state index in [1.165, 1.54) is 0 Å². The fraction of sp³-hybridized carbons (Fsp3) is 0.400. The Bertz CT molecular complexity index is 525. The molecule has 0 aliphatic rings. The second kappa shape index (κ2) is 5.76. The number of nitrogens with zero attached hydrogens (tertiary/aromatic N) is 5. The van der Waals surface area contributed by atoms with Crippen LogP contribution >= 0.6 is 15.9 Å². The van der Waals surface area contributed by atoms with Gasteiger partial charge in [-0.3, -0.25) is 0 Å². The third-order valence-electron chi connectivity index (χ3n) is 2.30. The van der Waals surface area contributed by atoms with Gasteiger partial charge in [0.1, 0.15) is 12.1 Å². The van der Waals surface area contributed by atoms with Crippen molar-refractivity contribution in [2.45, 2.75) is 13.5 Å². The summed E-state index contributed by atoms with van der Waals surface area (Å²) in [5.41, 5.74) is 0. The Balaban J connectivity index is 2.08. The Morgan fingerprint density at radius 1 is 1.39 bits per heavy atom. The molecule has 0 aliphatic carbocycles. The normalized spacial score (nSPS) is 10.4. The molecule has 0 fully saturated rings. The molecule has 2 rings (SSSR count). The molecule has 2 N–H and O–H groups in total. The van der Waals surface area contributed by atoms with E-state index in [1.807, 2.05) is 18.5 Å². The van der Waals surface area contributed by atoms with Gasteiger partial charge in [-0.15, -0.1) is 10.2 Å². The van der Waals surface area contributed by atoms with Gasteiger partial charge in [0.2, 0.25) is 5.95 Å². The van der Waals surface area contributed by atoms with Crippen LogP contribution in [0.1, 0.15) is 12.7 Å². The second-order valence-corrected chi connectivity index (χ2v) is 4.49. The lowest BCUT2D eigenvalue weighted by atomic mass is 10.5. The zero-order valence-electron chi connectivity index (χ0n) is 10.2. The summed E-state index contributed by atoms with van der Waals surface area (Å²) in [7, 11) is 1.90. The van der Waals surface area contributed by atoms with Crippen LogP contribution in [0.25, 0.3) is 0 Å². The van der Waals surface area contributed by atoms with Crippen LogP contribution in [0, 0.1) is 0 Å². The molecule has 8 heteroatoms. The van der Waals surface area contributed by atoms with Crippen LogP contribution < -0.4 is 10.6 Å². The molecule has 0 spiro atoms. The maximum absolute atomic E-state index is 4.35. The molecule has 96 valence electrons. The summed E-state index contributed by atoms with van der Waals surface area (Å²) in [5.74, 6) is 2.16. The van der Waals surface area contributed by atoms with Crippen molar-refractivity contribution in [1.29, 1.82) is 0 Å². The maximum atomic E-state index is 4.35. The number of halogens is 1. The molecule has 0 amide bonds. The van der Waals surface area contributed by atoms with Crippen LogP contribution in [-0.4, -0.2) is 31.3 Å². The number of aromatic nitrogens is 5. The quantitative estimate of drug-likeness (QED) is 0.869. The van der Waals surface area contributed by atoms with E-state index in [0.29, 0.717) is 12.5 Å². The zero-order valence-corrected chi connectivity index (χ0v) is 11.8. The Morgan fingerprint density at radius 3 is 2.89 bits per heavy atom. The molecule has 0 bridgehead atoms.